The summed E-state index contributed by atoms with van der Waals surface area (Å²) in [5.41, 5.74) is 5.85. The van der Waals surface area contributed by atoms with Gasteiger partial charge in [-0.05, 0) is 18.2 Å². The summed E-state index contributed by atoms with van der Waals surface area (Å²) in [6.45, 7) is -0.364. The van der Waals surface area contributed by atoms with Crippen LogP contribution in [-0.4, -0.2) is 24.9 Å². The predicted octanol–water partition coefficient (Wildman–Crippen LogP) is 0.225. The Morgan fingerprint density at radius 1 is 1.39 bits per heavy atom. The number of nitriles is 1. The molecule has 0 aliphatic heterocycles. The maximum Gasteiger partial charge on any atom is 0.243 e. The maximum atomic E-state index is 11.4. The Bertz CT molecular complexity index is 510. The van der Waals surface area contributed by atoms with Crippen LogP contribution in [0.4, 0.5) is 5.69 Å². The van der Waals surface area contributed by atoms with Crippen LogP contribution in [-0.2, 0) is 9.59 Å². The lowest BCUT2D eigenvalue weighted by atomic mass is 10.2. The topological polar surface area (TPSA) is 108 Å². The average Bonchev–Trinajstić information content (AvgIpc) is 2.38. The van der Waals surface area contributed by atoms with Crippen molar-refractivity contribution in [2.24, 2.45) is 5.73 Å². The van der Waals surface area contributed by atoms with Gasteiger partial charge >= 0.3 is 0 Å². The number of benzene rings is 1. The van der Waals surface area contributed by atoms with E-state index >= 15 is 0 Å². The molecule has 0 saturated heterocycles. The molecule has 4 N–H and O–H groups in total. The van der Waals surface area contributed by atoms with Gasteiger partial charge in [0.2, 0.25) is 11.8 Å². The molecule has 18 heavy (non-hydrogen) atoms. The number of amides is 2. The van der Waals surface area contributed by atoms with Crippen molar-refractivity contribution in [3.63, 3.8) is 0 Å². The molecule has 0 fully saturated rings. The molecule has 0 bridgehead atoms. The SMILES string of the molecule is N#Cc1ccc(NC(=O)CNC(=O)CN)c(Cl)c1. The van der Waals surface area contributed by atoms with Crippen LogP contribution in [0.3, 0.4) is 0 Å². The molecule has 1 aromatic carbocycles. The van der Waals surface area contributed by atoms with Gasteiger partial charge in [0.1, 0.15) is 0 Å². The minimum Gasteiger partial charge on any atom is -0.346 e. The third-order valence-corrected chi connectivity index (χ3v) is 2.32. The number of carbonyl (C=O) groups excluding carboxylic acids is 2. The third kappa shape index (κ3) is 4.05. The zero-order chi connectivity index (χ0) is 13.5. The summed E-state index contributed by atoms with van der Waals surface area (Å²) < 4.78 is 0. The molecule has 0 heterocycles. The molecule has 1 rings (SSSR count). The third-order valence-electron chi connectivity index (χ3n) is 2.00. The average molecular weight is 267 g/mol. The van der Waals surface area contributed by atoms with Crippen LogP contribution in [0, 0.1) is 11.3 Å². The van der Waals surface area contributed by atoms with Crippen molar-refractivity contribution < 1.29 is 9.59 Å². The number of nitrogens with one attached hydrogen (secondary N) is 2. The van der Waals surface area contributed by atoms with Gasteiger partial charge in [0.25, 0.3) is 0 Å². The Balaban J connectivity index is 2.60. The lowest BCUT2D eigenvalue weighted by Gasteiger charge is -2.08. The van der Waals surface area contributed by atoms with Crippen LogP contribution in [0.15, 0.2) is 18.2 Å². The van der Waals surface area contributed by atoms with Crippen molar-refractivity contribution in [3.05, 3.63) is 28.8 Å². The summed E-state index contributed by atoms with van der Waals surface area (Å²) in [7, 11) is 0. The Kier molecular flexibility index (Phi) is 5.11. The molecule has 2 amide bonds. The van der Waals surface area contributed by atoms with Gasteiger partial charge in [0, 0.05) is 0 Å². The maximum absolute atomic E-state index is 11.4. The van der Waals surface area contributed by atoms with Gasteiger partial charge in [-0.1, -0.05) is 11.6 Å². The van der Waals surface area contributed by atoms with Gasteiger partial charge in [-0.15, -0.1) is 0 Å². The van der Waals surface area contributed by atoms with Crippen molar-refractivity contribution >= 4 is 29.1 Å². The smallest absolute Gasteiger partial charge is 0.243 e. The fourth-order valence-electron chi connectivity index (χ4n) is 1.13. The molecule has 0 aliphatic carbocycles. The highest BCUT2D eigenvalue weighted by Crippen LogP contribution is 2.22. The number of nitrogens with zero attached hydrogens (tertiary/aromatic N) is 1. The first-order valence-corrected chi connectivity index (χ1v) is 5.41. The standard InChI is InChI=1S/C11H11ClN4O2/c12-8-3-7(4-13)1-2-9(8)16-11(18)6-15-10(17)5-14/h1-3H,5-6,14H2,(H,15,17)(H,16,18). The highest BCUT2D eigenvalue weighted by Gasteiger charge is 2.07. The van der Waals surface area contributed by atoms with Gasteiger partial charge in [-0.2, -0.15) is 5.26 Å². The molecule has 6 nitrogen and oxygen atoms in total. The van der Waals surface area contributed by atoms with Gasteiger partial charge < -0.3 is 16.4 Å². The molecule has 94 valence electrons. The van der Waals surface area contributed by atoms with E-state index in [1.54, 1.807) is 0 Å². The molecule has 0 atom stereocenters. The van der Waals surface area contributed by atoms with E-state index in [-0.39, 0.29) is 18.1 Å². The summed E-state index contributed by atoms with van der Waals surface area (Å²) in [6.07, 6.45) is 0. The lowest BCUT2D eigenvalue weighted by Crippen LogP contribution is -2.36. The Morgan fingerprint density at radius 2 is 2.11 bits per heavy atom. The minimum atomic E-state index is -0.427. The van der Waals surface area contributed by atoms with E-state index in [0.29, 0.717) is 11.3 Å². The van der Waals surface area contributed by atoms with Crippen molar-refractivity contribution in [1.29, 1.82) is 5.26 Å². The Morgan fingerprint density at radius 3 is 2.67 bits per heavy atom. The first-order chi connectivity index (χ1) is 8.56. The zero-order valence-corrected chi connectivity index (χ0v) is 10.1. The van der Waals surface area contributed by atoms with Crippen molar-refractivity contribution in [2.45, 2.75) is 0 Å². The summed E-state index contributed by atoms with van der Waals surface area (Å²) in [4.78, 5) is 22.3. The van der Waals surface area contributed by atoms with E-state index in [4.69, 9.17) is 22.6 Å². The predicted molar refractivity (Wildman–Crippen MR) is 66.9 cm³/mol. The molecule has 0 unspecified atom stereocenters. The van der Waals surface area contributed by atoms with E-state index in [9.17, 15) is 9.59 Å². The molecule has 0 saturated carbocycles. The number of halogens is 1. The van der Waals surface area contributed by atoms with Gasteiger partial charge in [-0.3, -0.25) is 9.59 Å². The fourth-order valence-corrected chi connectivity index (χ4v) is 1.36. The van der Waals surface area contributed by atoms with Crippen LogP contribution in [0.1, 0.15) is 5.56 Å². The zero-order valence-electron chi connectivity index (χ0n) is 9.37. The van der Waals surface area contributed by atoms with Crippen molar-refractivity contribution in [1.82, 2.24) is 5.32 Å². The van der Waals surface area contributed by atoms with Crippen molar-refractivity contribution in [2.75, 3.05) is 18.4 Å². The van der Waals surface area contributed by atoms with E-state index in [1.165, 1.54) is 18.2 Å². The summed E-state index contributed by atoms with van der Waals surface area (Å²) >= 11 is 5.87. The normalized spacial score (nSPS) is 9.39. The Hall–Kier alpha value is -2.10. The number of nitrogens with two attached hydrogens (primary N) is 1. The molecular weight excluding hydrogens is 256 g/mol. The monoisotopic (exact) mass is 266 g/mol. The molecule has 0 spiro atoms. The van der Waals surface area contributed by atoms with E-state index < -0.39 is 11.8 Å². The quantitative estimate of drug-likeness (QED) is 0.725. The summed E-state index contributed by atoms with van der Waals surface area (Å²) in [5.74, 6) is -0.848. The number of anilines is 1. The van der Waals surface area contributed by atoms with Crippen LogP contribution in [0.5, 0.6) is 0 Å². The summed E-state index contributed by atoms with van der Waals surface area (Å²) in [6, 6.07) is 6.41. The second kappa shape index (κ2) is 6.59. The van der Waals surface area contributed by atoms with Crippen molar-refractivity contribution in [3.8, 4) is 6.07 Å². The molecule has 1 aromatic rings. The van der Waals surface area contributed by atoms with Gasteiger partial charge in [0.15, 0.2) is 0 Å². The highest BCUT2D eigenvalue weighted by molar-refractivity contribution is 6.33. The largest absolute Gasteiger partial charge is 0.346 e. The lowest BCUT2D eigenvalue weighted by molar-refractivity contribution is -0.123. The second-order valence-corrected chi connectivity index (χ2v) is 3.74. The van der Waals surface area contributed by atoms with Crippen LogP contribution in [0.2, 0.25) is 5.02 Å². The van der Waals surface area contributed by atoms with Crippen LogP contribution < -0.4 is 16.4 Å². The molecule has 7 heteroatoms. The number of hydrogen-bond donors (Lipinski definition) is 3. The van der Waals surface area contributed by atoms with E-state index in [1.807, 2.05) is 6.07 Å². The van der Waals surface area contributed by atoms with Crippen LogP contribution in [0.25, 0.3) is 0 Å². The van der Waals surface area contributed by atoms with Crippen LogP contribution >= 0.6 is 11.6 Å². The van der Waals surface area contributed by atoms with Gasteiger partial charge in [0.05, 0.1) is 35.4 Å². The molecular formula is C11H11ClN4O2. The van der Waals surface area contributed by atoms with E-state index in [0.717, 1.165) is 0 Å². The fraction of sp³-hybridized carbons (Fsp3) is 0.182. The molecule has 0 radical (unpaired) electrons. The summed E-state index contributed by atoms with van der Waals surface area (Å²) in [5, 5.41) is 13.7. The number of hydrogen-bond acceptors (Lipinski definition) is 4. The van der Waals surface area contributed by atoms with E-state index in [2.05, 4.69) is 10.6 Å². The Labute approximate surface area is 109 Å². The van der Waals surface area contributed by atoms with Gasteiger partial charge in [-0.25, -0.2) is 0 Å². The first-order valence-electron chi connectivity index (χ1n) is 5.03. The minimum absolute atomic E-state index is 0.176. The highest BCUT2D eigenvalue weighted by atomic mass is 35.5. The number of carbonyl (C=O) groups is 2. The second-order valence-electron chi connectivity index (χ2n) is 3.34. The first kappa shape index (κ1) is 14.0. The number of rotatable bonds is 4. The molecule has 0 aliphatic rings. The molecule has 0 aromatic heterocycles.